The van der Waals surface area contributed by atoms with Crippen molar-refractivity contribution in [1.82, 2.24) is 0 Å². The molecule has 0 spiro atoms. The van der Waals surface area contributed by atoms with Gasteiger partial charge in [0.25, 0.3) is 0 Å². The van der Waals surface area contributed by atoms with Crippen LogP contribution in [0.5, 0.6) is 0 Å². The van der Waals surface area contributed by atoms with Gasteiger partial charge < -0.3 is 9.47 Å². The molecule has 1 unspecified atom stereocenters. The van der Waals surface area contributed by atoms with E-state index in [1.54, 1.807) is 0 Å². The van der Waals surface area contributed by atoms with E-state index in [-0.39, 0.29) is 57.0 Å². The summed E-state index contributed by atoms with van der Waals surface area (Å²) in [6.07, 6.45) is 10.6. The molecule has 0 saturated heterocycles. The number of methoxy groups -OCH3 is 1. The van der Waals surface area contributed by atoms with Gasteiger partial charge in [0, 0.05) is 18.3 Å². The molecule has 0 heterocycles. The molecule has 4 saturated carbocycles. The molecule has 9 atom stereocenters. The van der Waals surface area contributed by atoms with Crippen molar-refractivity contribution >= 4 is 17.7 Å². The van der Waals surface area contributed by atoms with Crippen LogP contribution in [0, 0.1) is 50.2 Å². The molecular formula is C33H50O5. The minimum absolute atomic E-state index is 0.0417. The molecule has 0 amide bonds. The van der Waals surface area contributed by atoms with E-state index in [2.05, 4.69) is 54.5 Å². The second-order valence-electron chi connectivity index (χ2n) is 15.7. The first-order valence-corrected chi connectivity index (χ1v) is 15.0. The van der Waals surface area contributed by atoms with Gasteiger partial charge in [-0.15, -0.1) is 0 Å². The van der Waals surface area contributed by atoms with Crippen LogP contribution in [0.3, 0.4) is 0 Å². The number of carbonyl (C=O) groups is 3. The Morgan fingerprint density at radius 3 is 2.18 bits per heavy atom. The Bertz CT molecular complexity index is 1090. The average molecular weight is 527 g/mol. The van der Waals surface area contributed by atoms with E-state index < -0.39 is 5.41 Å². The molecule has 5 aliphatic rings. The highest BCUT2D eigenvalue weighted by molar-refractivity contribution is 5.95. The number of ketones is 1. The lowest BCUT2D eigenvalue weighted by atomic mass is 9.33. The number of carbonyl (C=O) groups excluding carboxylic acids is 3. The molecule has 5 heteroatoms. The summed E-state index contributed by atoms with van der Waals surface area (Å²) in [4.78, 5) is 39.2. The summed E-state index contributed by atoms with van der Waals surface area (Å²) in [6.45, 7) is 17.7. The van der Waals surface area contributed by atoms with Crippen LogP contribution in [0.1, 0.15) is 113 Å². The van der Waals surface area contributed by atoms with Gasteiger partial charge in [-0.2, -0.15) is 0 Å². The summed E-state index contributed by atoms with van der Waals surface area (Å²) >= 11 is 0. The molecule has 212 valence electrons. The van der Waals surface area contributed by atoms with Crippen molar-refractivity contribution in [3.8, 4) is 0 Å². The highest BCUT2D eigenvalue weighted by Crippen LogP contribution is 2.75. The highest BCUT2D eigenvalue weighted by Gasteiger charge is 2.70. The molecule has 0 aromatic rings. The van der Waals surface area contributed by atoms with Crippen molar-refractivity contribution in [2.24, 2.45) is 50.2 Å². The number of hydrogen-bond acceptors (Lipinski definition) is 5. The molecule has 0 aromatic heterocycles. The summed E-state index contributed by atoms with van der Waals surface area (Å²) in [5.74, 6) is 0.474. The summed E-state index contributed by atoms with van der Waals surface area (Å²) in [6, 6.07) is 0. The second-order valence-corrected chi connectivity index (χ2v) is 15.7. The predicted molar refractivity (Wildman–Crippen MR) is 147 cm³/mol. The number of allylic oxidation sites excluding steroid dienone is 2. The van der Waals surface area contributed by atoms with Gasteiger partial charge in [0.15, 0.2) is 5.78 Å². The number of ether oxygens (including phenoxy) is 2. The number of esters is 2. The Morgan fingerprint density at radius 2 is 1.55 bits per heavy atom. The highest BCUT2D eigenvalue weighted by atomic mass is 16.5. The largest absolute Gasteiger partial charge is 0.469 e. The number of rotatable bonds is 2. The molecule has 0 bridgehead atoms. The van der Waals surface area contributed by atoms with E-state index in [0.717, 1.165) is 57.8 Å². The van der Waals surface area contributed by atoms with Gasteiger partial charge in [-0.3, -0.25) is 14.4 Å². The van der Waals surface area contributed by atoms with Crippen LogP contribution >= 0.6 is 0 Å². The van der Waals surface area contributed by atoms with Crippen molar-refractivity contribution in [2.45, 2.75) is 119 Å². The van der Waals surface area contributed by atoms with Crippen LogP contribution in [0.4, 0.5) is 0 Å². The Morgan fingerprint density at radius 1 is 0.895 bits per heavy atom. The Hall–Kier alpha value is -1.65. The van der Waals surface area contributed by atoms with E-state index in [1.165, 1.54) is 19.6 Å². The monoisotopic (exact) mass is 526 g/mol. The van der Waals surface area contributed by atoms with Crippen LogP contribution < -0.4 is 0 Å². The van der Waals surface area contributed by atoms with Gasteiger partial charge in [0.2, 0.25) is 0 Å². The lowest BCUT2D eigenvalue weighted by Gasteiger charge is -2.70. The van der Waals surface area contributed by atoms with Gasteiger partial charge in [-0.25, -0.2) is 0 Å². The van der Waals surface area contributed by atoms with Crippen molar-refractivity contribution in [3.05, 3.63) is 11.6 Å². The van der Waals surface area contributed by atoms with Crippen LogP contribution in [-0.2, 0) is 23.9 Å². The van der Waals surface area contributed by atoms with Crippen LogP contribution in [0.2, 0.25) is 0 Å². The van der Waals surface area contributed by atoms with Gasteiger partial charge in [-0.05, 0) is 104 Å². The first kappa shape index (κ1) is 27.9. The standard InChI is InChI=1S/C33H50O5/c1-20(34)38-25-11-12-31(6)24(28(25,2)3)10-13-33(8)26(31)23(35)18-21-22-19-30(5,27(36)37-9)15-14-29(22,4)16-17-32(21,33)7/h18,22,24-26H,10-17,19H2,1-9H3/t22-,24-,25?,26+,29+,30-,31-,32+,33+/m0/s1. The fraction of sp³-hybridized carbons (Fsp3) is 0.848. The third-order valence-electron chi connectivity index (χ3n) is 13.5. The van der Waals surface area contributed by atoms with Crippen molar-refractivity contribution < 1.29 is 23.9 Å². The third-order valence-corrected chi connectivity index (χ3v) is 13.5. The fourth-order valence-corrected chi connectivity index (χ4v) is 11.0. The van der Waals surface area contributed by atoms with Crippen LogP contribution in [-0.4, -0.2) is 30.9 Å². The lowest BCUT2D eigenvalue weighted by molar-refractivity contribution is -0.210. The van der Waals surface area contributed by atoms with Crippen LogP contribution in [0.15, 0.2) is 11.6 Å². The molecule has 0 radical (unpaired) electrons. The molecule has 0 aliphatic heterocycles. The Labute approximate surface area is 229 Å². The number of fused-ring (bicyclic) bond motifs is 7. The summed E-state index contributed by atoms with van der Waals surface area (Å²) in [5, 5.41) is 0. The van der Waals surface area contributed by atoms with E-state index in [4.69, 9.17) is 9.47 Å². The first-order chi connectivity index (χ1) is 17.5. The van der Waals surface area contributed by atoms with E-state index in [9.17, 15) is 14.4 Å². The molecule has 0 aromatic carbocycles. The molecule has 0 N–H and O–H groups in total. The van der Waals surface area contributed by atoms with E-state index in [0.29, 0.717) is 11.7 Å². The van der Waals surface area contributed by atoms with Gasteiger partial charge in [-0.1, -0.05) is 47.1 Å². The van der Waals surface area contributed by atoms with Crippen molar-refractivity contribution in [3.63, 3.8) is 0 Å². The molecule has 5 rings (SSSR count). The second kappa shape index (κ2) is 8.43. The molecule has 5 aliphatic carbocycles. The minimum Gasteiger partial charge on any atom is -0.469 e. The maximum atomic E-state index is 14.4. The zero-order chi connectivity index (χ0) is 28.1. The number of hydrogen-bond donors (Lipinski definition) is 0. The first-order valence-electron chi connectivity index (χ1n) is 15.0. The molecular weight excluding hydrogens is 476 g/mol. The summed E-state index contributed by atoms with van der Waals surface area (Å²) < 4.78 is 11.1. The van der Waals surface area contributed by atoms with Crippen molar-refractivity contribution in [2.75, 3.05) is 7.11 Å². The third kappa shape index (κ3) is 3.51. The van der Waals surface area contributed by atoms with E-state index >= 15 is 0 Å². The van der Waals surface area contributed by atoms with Crippen molar-refractivity contribution in [1.29, 1.82) is 0 Å². The maximum absolute atomic E-state index is 14.4. The van der Waals surface area contributed by atoms with Gasteiger partial charge in [0.1, 0.15) is 6.10 Å². The normalized spacial score (nSPS) is 49.4. The summed E-state index contributed by atoms with van der Waals surface area (Å²) in [7, 11) is 1.50. The fourth-order valence-electron chi connectivity index (χ4n) is 11.0. The molecule has 5 nitrogen and oxygen atoms in total. The van der Waals surface area contributed by atoms with Gasteiger partial charge >= 0.3 is 11.9 Å². The SMILES string of the molecule is COC(=O)[C@@]1(C)CC[C@]2(C)CC[C@]3(C)C(=CC(=O)[C@@H]4[C@@]5(C)CCC(OC(C)=O)C(C)(C)[C@@H]5CC[C@]43C)[C@@H]2C1. The maximum Gasteiger partial charge on any atom is 0.311 e. The molecule has 4 fully saturated rings. The lowest BCUT2D eigenvalue weighted by Crippen LogP contribution is -2.66. The van der Waals surface area contributed by atoms with E-state index in [1.807, 2.05) is 0 Å². The quantitative estimate of drug-likeness (QED) is 0.360. The zero-order valence-electron chi connectivity index (χ0n) is 25.3. The Balaban J connectivity index is 1.57. The average Bonchev–Trinajstić information content (AvgIpc) is 2.82. The Kier molecular flexibility index (Phi) is 6.19. The summed E-state index contributed by atoms with van der Waals surface area (Å²) in [5.41, 5.74) is 0.416. The van der Waals surface area contributed by atoms with Crippen LogP contribution in [0.25, 0.3) is 0 Å². The minimum atomic E-state index is -0.498. The topological polar surface area (TPSA) is 69.7 Å². The zero-order valence-corrected chi connectivity index (χ0v) is 25.3. The predicted octanol–water partition coefficient (Wildman–Crippen LogP) is 7.07. The van der Waals surface area contributed by atoms with Gasteiger partial charge in [0.05, 0.1) is 12.5 Å². The molecule has 38 heavy (non-hydrogen) atoms. The smallest absolute Gasteiger partial charge is 0.311 e.